The summed E-state index contributed by atoms with van der Waals surface area (Å²) in [5.41, 5.74) is 1.73. The lowest BCUT2D eigenvalue weighted by molar-refractivity contribution is 0.0718. The Morgan fingerprint density at radius 2 is 1.60 bits per heavy atom. The zero-order chi connectivity index (χ0) is 17.8. The Morgan fingerprint density at radius 3 is 2.28 bits per heavy atom. The molecule has 3 rings (SSSR count). The van der Waals surface area contributed by atoms with E-state index >= 15 is 0 Å². The molecule has 2 aromatic rings. The fourth-order valence-electron chi connectivity index (χ4n) is 3.00. The Balaban J connectivity index is 1.70. The highest BCUT2D eigenvalue weighted by atomic mass is 19.1. The molecule has 25 heavy (non-hydrogen) atoms. The van der Waals surface area contributed by atoms with E-state index in [1.54, 1.807) is 47.3 Å². The minimum Gasteiger partial charge on any atom is -0.337 e. The normalized spacial score (nSPS) is 15.0. The first-order chi connectivity index (χ1) is 12.1. The molecule has 2 heterocycles. The smallest absolute Gasteiger partial charge is 0.254 e. The molecule has 0 saturated carbocycles. The Kier molecular flexibility index (Phi) is 5.07. The summed E-state index contributed by atoms with van der Waals surface area (Å²) in [5, 5.41) is 0. The quantitative estimate of drug-likeness (QED) is 0.843. The second-order valence-electron chi connectivity index (χ2n) is 6.13. The van der Waals surface area contributed by atoms with E-state index in [4.69, 9.17) is 0 Å². The van der Waals surface area contributed by atoms with Crippen LogP contribution in [0.15, 0.2) is 42.7 Å². The molecule has 0 radical (unpaired) electrons. The largest absolute Gasteiger partial charge is 0.337 e. The Hall–Kier alpha value is -2.76. The lowest BCUT2D eigenvalue weighted by Crippen LogP contribution is -2.37. The summed E-state index contributed by atoms with van der Waals surface area (Å²) in [6.07, 6.45) is 3.87. The summed E-state index contributed by atoms with van der Waals surface area (Å²) < 4.78 is 13.5. The molecule has 5 nitrogen and oxygen atoms in total. The van der Waals surface area contributed by atoms with Crippen molar-refractivity contribution < 1.29 is 14.0 Å². The van der Waals surface area contributed by atoms with Crippen LogP contribution in [-0.4, -0.2) is 52.8 Å². The molecular formula is C19H20FN3O2. The highest BCUT2D eigenvalue weighted by molar-refractivity contribution is 5.96. The van der Waals surface area contributed by atoms with Gasteiger partial charge in [-0.05, 0) is 43.2 Å². The molecule has 0 atom stereocenters. The third kappa shape index (κ3) is 3.84. The van der Waals surface area contributed by atoms with E-state index in [0.717, 1.165) is 5.56 Å². The molecule has 1 aromatic heterocycles. The zero-order valence-electron chi connectivity index (χ0n) is 14.1. The van der Waals surface area contributed by atoms with Crippen LogP contribution in [0.25, 0.3) is 0 Å². The van der Waals surface area contributed by atoms with Crippen molar-refractivity contribution in [3.8, 4) is 0 Å². The first-order valence-electron chi connectivity index (χ1n) is 8.31. The van der Waals surface area contributed by atoms with Gasteiger partial charge in [0.2, 0.25) is 0 Å². The van der Waals surface area contributed by atoms with Crippen molar-refractivity contribution in [2.45, 2.75) is 13.3 Å². The van der Waals surface area contributed by atoms with Crippen molar-refractivity contribution in [2.75, 3.05) is 26.2 Å². The average molecular weight is 341 g/mol. The third-order valence-corrected chi connectivity index (χ3v) is 4.43. The van der Waals surface area contributed by atoms with Crippen LogP contribution in [0, 0.1) is 12.7 Å². The fraction of sp³-hybridized carbons (Fsp3) is 0.316. The van der Waals surface area contributed by atoms with Crippen molar-refractivity contribution in [1.82, 2.24) is 14.8 Å². The number of carbonyl (C=O) groups excluding carboxylic acids is 2. The number of carbonyl (C=O) groups is 2. The van der Waals surface area contributed by atoms with E-state index in [1.165, 1.54) is 12.1 Å². The van der Waals surface area contributed by atoms with Crippen molar-refractivity contribution in [2.24, 2.45) is 0 Å². The maximum Gasteiger partial charge on any atom is 0.254 e. The van der Waals surface area contributed by atoms with E-state index in [0.29, 0.717) is 43.7 Å². The summed E-state index contributed by atoms with van der Waals surface area (Å²) in [6.45, 7) is 3.83. The Labute approximate surface area is 146 Å². The predicted molar refractivity (Wildman–Crippen MR) is 91.8 cm³/mol. The molecule has 0 unspecified atom stereocenters. The van der Waals surface area contributed by atoms with E-state index in [-0.39, 0.29) is 11.8 Å². The predicted octanol–water partition coefficient (Wildman–Crippen LogP) is 2.52. The number of aryl methyl sites for hydroxylation is 1. The second kappa shape index (κ2) is 7.42. The molecule has 1 saturated heterocycles. The number of aromatic nitrogens is 1. The molecule has 0 N–H and O–H groups in total. The summed E-state index contributed by atoms with van der Waals surface area (Å²) in [7, 11) is 0. The van der Waals surface area contributed by atoms with Crippen LogP contribution >= 0.6 is 0 Å². The van der Waals surface area contributed by atoms with Gasteiger partial charge in [-0.1, -0.05) is 6.07 Å². The molecule has 1 aliphatic heterocycles. The van der Waals surface area contributed by atoms with Crippen LogP contribution in [0.2, 0.25) is 0 Å². The van der Waals surface area contributed by atoms with Gasteiger partial charge < -0.3 is 9.80 Å². The molecule has 6 heteroatoms. The SMILES string of the molecule is Cc1ccc(F)cc1C(=O)N1CCCN(C(=O)c2ccncc2)CC1. The Bertz CT molecular complexity index is 779. The topological polar surface area (TPSA) is 53.5 Å². The number of hydrogen-bond donors (Lipinski definition) is 0. The molecule has 0 aliphatic carbocycles. The van der Waals surface area contributed by atoms with Crippen molar-refractivity contribution in [3.05, 3.63) is 65.2 Å². The monoisotopic (exact) mass is 341 g/mol. The van der Waals surface area contributed by atoms with Crippen molar-refractivity contribution in [1.29, 1.82) is 0 Å². The van der Waals surface area contributed by atoms with Gasteiger partial charge in [-0.2, -0.15) is 0 Å². The average Bonchev–Trinajstić information content (AvgIpc) is 2.89. The molecule has 1 aromatic carbocycles. The van der Waals surface area contributed by atoms with E-state index in [1.807, 2.05) is 0 Å². The van der Waals surface area contributed by atoms with Gasteiger partial charge >= 0.3 is 0 Å². The summed E-state index contributed by atoms with van der Waals surface area (Å²) in [4.78, 5) is 32.6. The summed E-state index contributed by atoms with van der Waals surface area (Å²) in [6, 6.07) is 7.62. The first-order valence-corrected chi connectivity index (χ1v) is 8.31. The molecule has 2 amide bonds. The van der Waals surface area contributed by atoms with Gasteiger partial charge in [-0.15, -0.1) is 0 Å². The highest BCUT2D eigenvalue weighted by Gasteiger charge is 2.24. The fourth-order valence-corrected chi connectivity index (χ4v) is 3.00. The maximum absolute atomic E-state index is 13.5. The molecule has 0 bridgehead atoms. The van der Waals surface area contributed by atoms with Gasteiger partial charge in [-0.25, -0.2) is 4.39 Å². The standard InChI is InChI=1S/C19H20FN3O2/c1-14-3-4-16(20)13-17(14)19(25)23-10-2-9-22(11-12-23)18(24)15-5-7-21-8-6-15/h3-8,13H,2,9-12H2,1H3. The van der Waals surface area contributed by atoms with Gasteiger partial charge in [0.05, 0.1) is 0 Å². The molecule has 1 aliphatic rings. The van der Waals surface area contributed by atoms with Crippen LogP contribution in [0.1, 0.15) is 32.7 Å². The van der Waals surface area contributed by atoms with E-state index in [9.17, 15) is 14.0 Å². The van der Waals surface area contributed by atoms with Crippen LogP contribution < -0.4 is 0 Å². The summed E-state index contributed by atoms with van der Waals surface area (Å²) >= 11 is 0. The molecular weight excluding hydrogens is 321 g/mol. The summed E-state index contributed by atoms with van der Waals surface area (Å²) in [5.74, 6) is -0.660. The number of benzene rings is 1. The van der Waals surface area contributed by atoms with Gasteiger partial charge in [0.25, 0.3) is 11.8 Å². The number of pyridine rings is 1. The molecule has 130 valence electrons. The molecule has 1 fully saturated rings. The van der Waals surface area contributed by atoms with Crippen molar-refractivity contribution in [3.63, 3.8) is 0 Å². The maximum atomic E-state index is 13.5. The zero-order valence-corrected chi connectivity index (χ0v) is 14.1. The van der Waals surface area contributed by atoms with Crippen LogP contribution in [0.3, 0.4) is 0 Å². The van der Waals surface area contributed by atoms with E-state index < -0.39 is 5.82 Å². The number of hydrogen-bond acceptors (Lipinski definition) is 3. The van der Waals surface area contributed by atoms with Gasteiger partial charge in [0, 0.05) is 49.7 Å². The lowest BCUT2D eigenvalue weighted by atomic mass is 10.1. The van der Waals surface area contributed by atoms with Gasteiger partial charge in [0.1, 0.15) is 5.82 Å². The number of amides is 2. The Morgan fingerprint density at radius 1 is 0.960 bits per heavy atom. The minimum atomic E-state index is -0.418. The van der Waals surface area contributed by atoms with Crippen LogP contribution in [0.5, 0.6) is 0 Å². The minimum absolute atomic E-state index is 0.0568. The highest BCUT2D eigenvalue weighted by Crippen LogP contribution is 2.16. The third-order valence-electron chi connectivity index (χ3n) is 4.43. The van der Waals surface area contributed by atoms with Crippen molar-refractivity contribution >= 4 is 11.8 Å². The number of nitrogens with zero attached hydrogens (tertiary/aromatic N) is 3. The number of halogens is 1. The second-order valence-corrected chi connectivity index (χ2v) is 6.13. The van der Waals surface area contributed by atoms with Gasteiger partial charge in [0.15, 0.2) is 0 Å². The van der Waals surface area contributed by atoms with Crippen LogP contribution in [-0.2, 0) is 0 Å². The lowest BCUT2D eigenvalue weighted by Gasteiger charge is -2.23. The first kappa shape index (κ1) is 17.1. The number of rotatable bonds is 2. The van der Waals surface area contributed by atoms with Crippen LogP contribution in [0.4, 0.5) is 4.39 Å². The van der Waals surface area contributed by atoms with E-state index in [2.05, 4.69) is 4.98 Å². The van der Waals surface area contributed by atoms with Gasteiger partial charge in [-0.3, -0.25) is 14.6 Å². The molecule has 0 spiro atoms.